The van der Waals surface area contributed by atoms with Crippen molar-refractivity contribution in [3.05, 3.63) is 23.8 Å². The van der Waals surface area contributed by atoms with Crippen molar-refractivity contribution in [2.45, 2.75) is 20.0 Å². The molecule has 1 unspecified atom stereocenters. The van der Waals surface area contributed by atoms with Gasteiger partial charge in [0.15, 0.2) is 0 Å². The molecular formula is C14H20N4O3. The fraction of sp³-hybridized carbons (Fsp3) is 0.429. The maximum atomic E-state index is 10.00. The molecule has 7 heteroatoms. The zero-order chi connectivity index (χ0) is 16.1. The third-order valence-corrected chi connectivity index (χ3v) is 2.28. The highest BCUT2D eigenvalue weighted by molar-refractivity contribution is 5.64. The number of hydrogen-bond acceptors (Lipinski definition) is 7. The van der Waals surface area contributed by atoms with Gasteiger partial charge in [-0.3, -0.25) is 0 Å². The third-order valence-electron chi connectivity index (χ3n) is 2.28. The first-order valence-electron chi connectivity index (χ1n) is 6.37. The summed E-state index contributed by atoms with van der Waals surface area (Å²) in [7, 11) is 0. The van der Waals surface area contributed by atoms with Crippen molar-refractivity contribution >= 4 is 23.5 Å². The molecule has 0 bridgehead atoms. The van der Waals surface area contributed by atoms with E-state index in [1.54, 1.807) is 25.1 Å². The summed E-state index contributed by atoms with van der Waals surface area (Å²) in [4.78, 5) is 26.9. The largest absolute Gasteiger partial charge is 0.373 e. The van der Waals surface area contributed by atoms with Crippen LogP contribution in [-0.4, -0.2) is 38.0 Å². The van der Waals surface area contributed by atoms with Gasteiger partial charge < -0.3 is 16.2 Å². The minimum absolute atomic E-state index is 0.464. The maximum Gasteiger partial charge on any atom is 0.240 e. The van der Waals surface area contributed by atoms with Crippen LogP contribution in [0.2, 0.25) is 0 Å². The van der Waals surface area contributed by atoms with Crippen LogP contribution in [0.4, 0.5) is 11.4 Å². The number of carbonyl (C=O) groups excluding carboxylic acids is 2. The van der Waals surface area contributed by atoms with Crippen molar-refractivity contribution < 1.29 is 14.3 Å². The topological polar surface area (TPSA) is 123 Å². The molecule has 1 aromatic carbocycles. The van der Waals surface area contributed by atoms with Crippen LogP contribution in [0.3, 0.4) is 0 Å². The molecule has 1 atom stereocenters. The Kier molecular flexibility index (Phi) is 10.5. The number of nitrogens with two attached hydrogens (primary N) is 2. The van der Waals surface area contributed by atoms with Crippen molar-refractivity contribution in [3.63, 3.8) is 0 Å². The molecule has 114 valence electrons. The highest BCUT2D eigenvalue weighted by atomic mass is 16.6. The van der Waals surface area contributed by atoms with E-state index >= 15 is 0 Å². The number of hydrogen-bond donors (Lipinski definition) is 2. The SMILES string of the molecule is CC1CO1.Cc1c(N=C=O)cccc1N=C=O.NCCN. The summed E-state index contributed by atoms with van der Waals surface area (Å²) in [5.74, 6) is 0. The molecule has 2 rings (SSSR count). The summed E-state index contributed by atoms with van der Waals surface area (Å²) in [5, 5.41) is 0. The van der Waals surface area contributed by atoms with Crippen molar-refractivity contribution in [1.29, 1.82) is 0 Å². The van der Waals surface area contributed by atoms with Crippen LogP contribution in [0.5, 0.6) is 0 Å². The molecule has 0 radical (unpaired) electrons. The normalized spacial score (nSPS) is 14.2. The second-order valence-electron chi connectivity index (χ2n) is 4.05. The van der Waals surface area contributed by atoms with Gasteiger partial charge in [-0.05, 0) is 26.0 Å². The zero-order valence-electron chi connectivity index (χ0n) is 12.2. The average Bonchev–Trinajstić information content (AvgIpc) is 3.27. The first-order valence-corrected chi connectivity index (χ1v) is 6.37. The van der Waals surface area contributed by atoms with Crippen LogP contribution >= 0.6 is 0 Å². The van der Waals surface area contributed by atoms with E-state index in [4.69, 9.17) is 16.2 Å². The first kappa shape index (κ1) is 18.9. The minimum Gasteiger partial charge on any atom is -0.373 e. The summed E-state index contributed by atoms with van der Waals surface area (Å²) in [6.07, 6.45) is 3.44. The second kappa shape index (κ2) is 11.7. The van der Waals surface area contributed by atoms with E-state index in [2.05, 4.69) is 16.9 Å². The summed E-state index contributed by atoms with van der Waals surface area (Å²) in [6.45, 7) is 5.95. The summed E-state index contributed by atoms with van der Waals surface area (Å²) >= 11 is 0. The van der Waals surface area contributed by atoms with E-state index in [1.807, 2.05) is 0 Å². The quantitative estimate of drug-likeness (QED) is 0.492. The van der Waals surface area contributed by atoms with Crippen LogP contribution in [0.15, 0.2) is 28.2 Å². The number of epoxide rings is 1. The van der Waals surface area contributed by atoms with Crippen molar-refractivity contribution in [1.82, 2.24) is 0 Å². The van der Waals surface area contributed by atoms with E-state index in [1.165, 1.54) is 12.2 Å². The van der Waals surface area contributed by atoms with Gasteiger partial charge >= 0.3 is 0 Å². The third kappa shape index (κ3) is 9.40. The Morgan fingerprint density at radius 2 is 1.57 bits per heavy atom. The van der Waals surface area contributed by atoms with Gasteiger partial charge in [0.05, 0.1) is 24.1 Å². The van der Waals surface area contributed by atoms with Gasteiger partial charge in [0.1, 0.15) is 0 Å². The molecular weight excluding hydrogens is 272 g/mol. The van der Waals surface area contributed by atoms with Crippen LogP contribution in [0.1, 0.15) is 12.5 Å². The lowest BCUT2D eigenvalue weighted by Gasteiger charge is -1.99. The fourth-order valence-electron chi connectivity index (χ4n) is 1.05. The first-order chi connectivity index (χ1) is 10.1. The number of aliphatic imine (C=N–C) groups is 2. The van der Waals surface area contributed by atoms with E-state index in [0.717, 1.165) is 6.61 Å². The van der Waals surface area contributed by atoms with Crippen molar-refractivity contribution in [2.75, 3.05) is 19.7 Å². The van der Waals surface area contributed by atoms with Gasteiger partial charge in [0.25, 0.3) is 0 Å². The molecule has 1 aromatic rings. The Hall–Kier alpha value is -2.14. The lowest BCUT2D eigenvalue weighted by Crippen LogP contribution is -2.11. The van der Waals surface area contributed by atoms with Gasteiger partial charge in [-0.2, -0.15) is 9.98 Å². The lowest BCUT2D eigenvalue weighted by molar-refractivity contribution is 0.423. The predicted octanol–water partition coefficient (Wildman–Crippen LogP) is 1.24. The van der Waals surface area contributed by atoms with Gasteiger partial charge in [-0.25, -0.2) is 9.59 Å². The van der Waals surface area contributed by atoms with E-state index in [0.29, 0.717) is 36.1 Å². The van der Waals surface area contributed by atoms with Gasteiger partial charge in [0, 0.05) is 18.7 Å². The Bertz CT molecular complexity index is 479. The molecule has 1 heterocycles. The molecule has 7 nitrogen and oxygen atoms in total. The molecule has 1 saturated heterocycles. The molecule has 0 aliphatic carbocycles. The van der Waals surface area contributed by atoms with E-state index < -0.39 is 0 Å². The molecule has 0 spiro atoms. The van der Waals surface area contributed by atoms with Crippen LogP contribution in [0, 0.1) is 6.92 Å². The Labute approximate surface area is 123 Å². The molecule has 0 saturated carbocycles. The fourth-order valence-corrected chi connectivity index (χ4v) is 1.05. The molecule has 1 aliphatic rings. The summed E-state index contributed by atoms with van der Waals surface area (Å²) in [5.41, 5.74) is 11.4. The smallest absolute Gasteiger partial charge is 0.240 e. The average molecular weight is 292 g/mol. The van der Waals surface area contributed by atoms with E-state index in [-0.39, 0.29) is 0 Å². The number of ether oxygens (including phenoxy) is 1. The van der Waals surface area contributed by atoms with Gasteiger partial charge in [0.2, 0.25) is 12.2 Å². The van der Waals surface area contributed by atoms with Crippen LogP contribution < -0.4 is 11.5 Å². The monoisotopic (exact) mass is 292 g/mol. The molecule has 21 heavy (non-hydrogen) atoms. The van der Waals surface area contributed by atoms with E-state index in [9.17, 15) is 9.59 Å². The van der Waals surface area contributed by atoms with Crippen LogP contribution in [-0.2, 0) is 14.3 Å². The molecule has 1 aliphatic heterocycles. The van der Waals surface area contributed by atoms with Crippen molar-refractivity contribution in [2.24, 2.45) is 21.5 Å². The maximum absolute atomic E-state index is 10.00. The lowest BCUT2D eigenvalue weighted by atomic mass is 10.1. The Morgan fingerprint density at radius 1 is 1.19 bits per heavy atom. The van der Waals surface area contributed by atoms with Crippen molar-refractivity contribution in [3.8, 4) is 0 Å². The number of benzene rings is 1. The van der Waals surface area contributed by atoms with Gasteiger partial charge in [-0.1, -0.05) is 6.07 Å². The second-order valence-corrected chi connectivity index (χ2v) is 4.05. The number of rotatable bonds is 3. The standard InChI is InChI=1S/C9H6N2O2.C3H6O.C2H8N2/c1-7-8(10-5-12)3-2-4-9(7)11-6-13;1-3-2-4-3;3-1-2-4/h2-4H,1H3;3H,2H2,1H3;1-4H2. The Morgan fingerprint density at radius 3 is 1.81 bits per heavy atom. The highest BCUT2D eigenvalue weighted by Gasteiger charge is 2.13. The number of isocyanates is 2. The summed E-state index contributed by atoms with van der Waals surface area (Å²) < 4.78 is 4.71. The molecule has 4 N–H and O–H groups in total. The Balaban J connectivity index is 0.000000407. The molecule has 1 fully saturated rings. The zero-order valence-corrected chi connectivity index (χ0v) is 12.2. The number of nitrogens with zero attached hydrogens (tertiary/aromatic N) is 2. The predicted molar refractivity (Wildman–Crippen MR) is 80.3 cm³/mol. The molecule has 0 amide bonds. The summed E-state index contributed by atoms with van der Waals surface area (Å²) in [6, 6.07) is 4.94. The van der Waals surface area contributed by atoms with Gasteiger partial charge in [-0.15, -0.1) is 0 Å². The molecule has 0 aromatic heterocycles. The van der Waals surface area contributed by atoms with Crippen LogP contribution in [0.25, 0.3) is 0 Å². The minimum atomic E-state index is 0.464. The highest BCUT2D eigenvalue weighted by Crippen LogP contribution is 2.26.